The lowest BCUT2D eigenvalue weighted by atomic mass is 10.4. The Kier molecular flexibility index (Phi) is 7.34. The molecule has 0 saturated heterocycles. The van der Waals surface area contributed by atoms with Crippen LogP contribution in [0.15, 0.2) is 0 Å². The molecule has 0 aromatic rings. The Morgan fingerprint density at radius 3 is 2.57 bits per heavy atom. The van der Waals surface area contributed by atoms with Gasteiger partial charge in [0, 0.05) is 0 Å². The van der Waals surface area contributed by atoms with Crippen LogP contribution in [0.1, 0.15) is 26.7 Å². The van der Waals surface area contributed by atoms with Gasteiger partial charge in [0.15, 0.2) is 6.16 Å². The number of rotatable bonds is 7. The standard InChI is InChI=1S/C8H16NO4P/c1-7(2)13-14(11)6-4-3-5-12-8(9)10/h7H,3-6H2,1-2H3,(H-,9,10)/p+1. The van der Waals surface area contributed by atoms with Crippen LogP contribution in [0.25, 0.3) is 0 Å². The second-order valence-corrected chi connectivity index (χ2v) is 4.41. The zero-order valence-corrected chi connectivity index (χ0v) is 9.46. The smallest absolute Gasteiger partial charge is 0.450 e. The molecule has 0 bridgehead atoms. The van der Waals surface area contributed by atoms with Gasteiger partial charge in [0.2, 0.25) is 0 Å². The summed E-state index contributed by atoms with van der Waals surface area (Å²) in [5.74, 6) is 0. The van der Waals surface area contributed by atoms with Crippen molar-refractivity contribution in [2.45, 2.75) is 32.8 Å². The van der Waals surface area contributed by atoms with Crippen LogP contribution >= 0.6 is 8.03 Å². The number of primary amides is 1. The summed E-state index contributed by atoms with van der Waals surface area (Å²) in [5.41, 5.74) is 4.76. The first-order valence-corrected chi connectivity index (χ1v) is 5.92. The van der Waals surface area contributed by atoms with E-state index in [0.717, 1.165) is 0 Å². The van der Waals surface area contributed by atoms with Crippen LogP contribution in [-0.2, 0) is 13.8 Å². The van der Waals surface area contributed by atoms with E-state index in [4.69, 9.17) is 10.3 Å². The lowest BCUT2D eigenvalue weighted by Gasteiger charge is -1.98. The minimum Gasteiger partial charge on any atom is -0.450 e. The molecule has 14 heavy (non-hydrogen) atoms. The van der Waals surface area contributed by atoms with Gasteiger partial charge in [0.05, 0.1) is 6.61 Å². The van der Waals surface area contributed by atoms with Crippen LogP contribution in [0.3, 0.4) is 0 Å². The maximum Gasteiger partial charge on any atom is 0.508 e. The van der Waals surface area contributed by atoms with E-state index in [1.54, 1.807) is 0 Å². The highest BCUT2D eigenvalue weighted by molar-refractivity contribution is 7.39. The SMILES string of the molecule is CC(C)O[P+](=O)CCCCOC(N)=O. The summed E-state index contributed by atoms with van der Waals surface area (Å²) in [6, 6.07) is 0. The van der Waals surface area contributed by atoms with Crippen LogP contribution in [0.5, 0.6) is 0 Å². The van der Waals surface area contributed by atoms with Gasteiger partial charge >= 0.3 is 14.1 Å². The lowest BCUT2D eigenvalue weighted by molar-refractivity contribution is 0.155. The molecule has 0 spiro atoms. The van der Waals surface area contributed by atoms with Crippen LogP contribution in [0.4, 0.5) is 4.79 Å². The fraction of sp³-hybridized carbons (Fsp3) is 0.875. The quantitative estimate of drug-likeness (QED) is 0.528. The first-order chi connectivity index (χ1) is 6.52. The minimum atomic E-state index is -1.57. The molecule has 0 aromatic carbocycles. The van der Waals surface area contributed by atoms with Crippen molar-refractivity contribution >= 4 is 14.1 Å². The molecule has 0 fully saturated rings. The molecule has 1 amide bonds. The third kappa shape index (κ3) is 9.42. The number of carbonyl (C=O) groups is 1. The predicted octanol–water partition coefficient (Wildman–Crippen LogP) is 2.03. The van der Waals surface area contributed by atoms with Crippen LogP contribution < -0.4 is 5.73 Å². The number of amides is 1. The van der Waals surface area contributed by atoms with Gasteiger partial charge in [-0.3, -0.25) is 0 Å². The average molecular weight is 222 g/mol. The molecule has 6 heteroatoms. The van der Waals surface area contributed by atoms with E-state index in [2.05, 4.69) is 4.74 Å². The molecule has 82 valence electrons. The van der Waals surface area contributed by atoms with Gasteiger partial charge in [0.1, 0.15) is 6.10 Å². The average Bonchev–Trinajstić information content (AvgIpc) is 2.01. The molecular formula is C8H17NO4P+. The molecule has 0 aliphatic heterocycles. The summed E-state index contributed by atoms with van der Waals surface area (Å²) in [6.45, 7) is 3.95. The Morgan fingerprint density at radius 1 is 1.43 bits per heavy atom. The summed E-state index contributed by atoms with van der Waals surface area (Å²) in [7, 11) is -1.57. The van der Waals surface area contributed by atoms with Gasteiger partial charge in [-0.2, -0.15) is 0 Å². The molecule has 0 aliphatic carbocycles. The Bertz CT molecular complexity index is 196. The molecule has 0 radical (unpaired) electrons. The third-order valence-corrected chi connectivity index (χ3v) is 2.65. The first kappa shape index (κ1) is 13.3. The van der Waals surface area contributed by atoms with Crippen molar-refractivity contribution in [2.75, 3.05) is 12.8 Å². The summed E-state index contributed by atoms with van der Waals surface area (Å²) in [5, 5.41) is 0. The van der Waals surface area contributed by atoms with Gasteiger partial charge in [-0.25, -0.2) is 4.79 Å². The topological polar surface area (TPSA) is 78.6 Å². The number of carbonyl (C=O) groups excluding carboxylic acids is 1. The van der Waals surface area contributed by atoms with E-state index in [-0.39, 0.29) is 12.7 Å². The zero-order chi connectivity index (χ0) is 11.0. The maximum absolute atomic E-state index is 11.1. The molecule has 0 saturated carbocycles. The monoisotopic (exact) mass is 222 g/mol. The third-order valence-electron chi connectivity index (χ3n) is 1.31. The van der Waals surface area contributed by atoms with Crippen molar-refractivity contribution in [1.29, 1.82) is 0 Å². The van der Waals surface area contributed by atoms with E-state index in [9.17, 15) is 9.36 Å². The van der Waals surface area contributed by atoms with E-state index < -0.39 is 14.1 Å². The highest BCUT2D eigenvalue weighted by Gasteiger charge is 2.18. The molecule has 0 aliphatic rings. The first-order valence-electron chi connectivity index (χ1n) is 4.56. The Hall–Kier alpha value is -0.670. The van der Waals surface area contributed by atoms with Gasteiger partial charge in [-0.1, -0.05) is 0 Å². The van der Waals surface area contributed by atoms with Crippen LogP contribution in [0, 0.1) is 0 Å². The highest BCUT2D eigenvalue weighted by Crippen LogP contribution is 2.25. The number of hydrogen-bond donors (Lipinski definition) is 1. The lowest BCUT2D eigenvalue weighted by Crippen LogP contribution is -2.13. The van der Waals surface area contributed by atoms with Gasteiger partial charge in [0.25, 0.3) is 0 Å². The van der Waals surface area contributed by atoms with E-state index in [1.165, 1.54) is 0 Å². The molecule has 2 N–H and O–H groups in total. The fourth-order valence-corrected chi connectivity index (χ4v) is 1.86. The Morgan fingerprint density at radius 2 is 2.07 bits per heavy atom. The summed E-state index contributed by atoms with van der Waals surface area (Å²) >= 11 is 0. The van der Waals surface area contributed by atoms with Crippen molar-refractivity contribution in [3.63, 3.8) is 0 Å². The Balaban J connectivity index is 3.27. The summed E-state index contributed by atoms with van der Waals surface area (Å²) < 4.78 is 20.7. The number of hydrogen-bond acceptors (Lipinski definition) is 4. The van der Waals surface area contributed by atoms with E-state index in [1.807, 2.05) is 13.8 Å². The summed E-state index contributed by atoms with van der Waals surface area (Å²) in [6.07, 6.45) is 1.07. The largest absolute Gasteiger partial charge is 0.508 e. The van der Waals surface area contributed by atoms with Crippen molar-refractivity contribution in [2.24, 2.45) is 5.73 Å². The number of unbranched alkanes of at least 4 members (excludes halogenated alkanes) is 1. The van der Waals surface area contributed by atoms with Gasteiger partial charge < -0.3 is 10.5 Å². The van der Waals surface area contributed by atoms with Crippen molar-refractivity contribution in [3.05, 3.63) is 0 Å². The summed E-state index contributed by atoms with van der Waals surface area (Å²) in [4.78, 5) is 10.2. The molecule has 1 atom stereocenters. The molecule has 1 unspecified atom stereocenters. The molecular weight excluding hydrogens is 205 g/mol. The second-order valence-electron chi connectivity index (χ2n) is 3.09. The normalized spacial score (nSPS) is 11.5. The second kappa shape index (κ2) is 7.71. The van der Waals surface area contributed by atoms with E-state index >= 15 is 0 Å². The zero-order valence-electron chi connectivity index (χ0n) is 8.56. The van der Waals surface area contributed by atoms with E-state index in [0.29, 0.717) is 19.0 Å². The van der Waals surface area contributed by atoms with Gasteiger partial charge in [-0.15, -0.1) is 4.52 Å². The Labute approximate surface area is 84.8 Å². The van der Waals surface area contributed by atoms with Crippen LogP contribution in [-0.4, -0.2) is 25.0 Å². The van der Waals surface area contributed by atoms with Crippen molar-refractivity contribution in [1.82, 2.24) is 0 Å². The fourth-order valence-electron chi connectivity index (χ4n) is 0.804. The van der Waals surface area contributed by atoms with Crippen LogP contribution in [0.2, 0.25) is 0 Å². The molecule has 0 aromatic heterocycles. The highest BCUT2D eigenvalue weighted by atomic mass is 31.1. The number of nitrogens with two attached hydrogens (primary N) is 1. The molecule has 0 rings (SSSR count). The maximum atomic E-state index is 11.1. The molecule has 5 nitrogen and oxygen atoms in total. The molecule has 0 heterocycles. The van der Waals surface area contributed by atoms with Gasteiger partial charge in [-0.05, 0) is 31.3 Å². The number of ether oxygens (including phenoxy) is 1. The predicted molar refractivity (Wildman–Crippen MR) is 53.5 cm³/mol. The van der Waals surface area contributed by atoms with Crippen molar-refractivity contribution < 1.29 is 18.6 Å². The minimum absolute atomic E-state index is 0.0134. The van der Waals surface area contributed by atoms with Crippen molar-refractivity contribution in [3.8, 4) is 0 Å².